The maximum atomic E-state index is 13.9. The molecule has 1 aliphatic rings. The highest BCUT2D eigenvalue weighted by Gasteiger charge is 2.34. The summed E-state index contributed by atoms with van der Waals surface area (Å²) in [7, 11) is 0. The molecule has 2 aromatic heterocycles. The predicted molar refractivity (Wildman–Crippen MR) is 185 cm³/mol. The molecule has 2 amide bonds. The molecule has 1 saturated heterocycles. The van der Waals surface area contributed by atoms with E-state index in [1.165, 1.54) is 10.4 Å². The maximum absolute atomic E-state index is 13.9. The van der Waals surface area contributed by atoms with Gasteiger partial charge >= 0.3 is 0 Å². The number of carbonyl (C=O) groups excluding carboxylic acids is 2. The molecule has 0 bridgehead atoms. The zero-order valence-corrected chi connectivity index (χ0v) is 28.2. The fourth-order valence-corrected chi connectivity index (χ4v) is 7.55. The van der Waals surface area contributed by atoms with Crippen molar-refractivity contribution < 1.29 is 9.59 Å². The molecule has 7 nitrogen and oxygen atoms in total. The van der Waals surface area contributed by atoms with Crippen LogP contribution in [0.4, 0.5) is 0 Å². The van der Waals surface area contributed by atoms with E-state index in [1.54, 1.807) is 11.3 Å². The van der Waals surface area contributed by atoms with Gasteiger partial charge in [-0.25, -0.2) is 4.98 Å². The van der Waals surface area contributed by atoms with Gasteiger partial charge in [0.05, 0.1) is 11.0 Å². The lowest BCUT2D eigenvalue weighted by atomic mass is 9.84. The molecule has 0 radical (unpaired) electrons. The van der Waals surface area contributed by atoms with Crippen LogP contribution in [0.1, 0.15) is 98.9 Å². The van der Waals surface area contributed by atoms with Crippen LogP contribution in [0.15, 0.2) is 66.0 Å². The number of nitrogens with one attached hydrogen (secondary N) is 3. The highest BCUT2D eigenvalue weighted by Crippen LogP contribution is 2.30. The number of rotatable bonds is 14. The second kappa shape index (κ2) is 15.2. The number of amides is 2. The van der Waals surface area contributed by atoms with Crippen LogP contribution in [0, 0.1) is 11.8 Å². The highest BCUT2D eigenvalue weighted by molar-refractivity contribution is 7.09. The smallest absolute Gasteiger partial charge is 0.252 e. The summed E-state index contributed by atoms with van der Waals surface area (Å²) in [5, 5.41) is 12.1. The molecule has 0 saturated carbocycles. The summed E-state index contributed by atoms with van der Waals surface area (Å²) in [5.41, 5.74) is 3.59. The van der Waals surface area contributed by atoms with Gasteiger partial charge in [-0.15, -0.1) is 11.3 Å². The molecule has 8 heteroatoms. The number of hydrogen-bond acceptors (Lipinski definition) is 5. The average Bonchev–Trinajstić information content (AvgIpc) is 3.82. The number of imidazole rings is 1. The van der Waals surface area contributed by atoms with Gasteiger partial charge in [0, 0.05) is 34.9 Å². The molecule has 0 aliphatic carbocycles. The Kier molecular flexibility index (Phi) is 11.1. The molecular weight excluding hydrogens is 579 g/mol. The third-order valence-electron chi connectivity index (χ3n) is 9.35. The minimum absolute atomic E-state index is 0.0337. The third kappa shape index (κ3) is 7.85. The Morgan fingerprint density at radius 2 is 1.80 bits per heavy atom. The van der Waals surface area contributed by atoms with Crippen LogP contribution in [0.25, 0.3) is 11.0 Å². The van der Waals surface area contributed by atoms with Crippen molar-refractivity contribution in [2.24, 2.45) is 11.8 Å². The van der Waals surface area contributed by atoms with Gasteiger partial charge in [0.1, 0.15) is 11.9 Å². The largest absolute Gasteiger partial charge is 0.351 e. The standard InChI is InChI=1S/C37H49N5O2S/c1-6-29(7-2)42-33-16-15-27(21-31(33)39-34(42)22-30-14-11-19-45-30)36(43)40-32(20-24(3)4)37(44)41-35(28-17-18-38-23-28)25(5)26-12-9-8-10-13-26/h8-16,19,21,24-25,28-29,32,35,38H,6-7,17-18,20,22-23H2,1-5H3,(H,40,43)(H,41,44)/t25?,28?,32-,35?/m0/s1. The molecule has 4 aromatic rings. The molecule has 2 aromatic carbocycles. The zero-order valence-electron chi connectivity index (χ0n) is 27.4. The van der Waals surface area contributed by atoms with Crippen molar-refractivity contribution in [1.82, 2.24) is 25.5 Å². The summed E-state index contributed by atoms with van der Waals surface area (Å²) < 4.78 is 2.36. The number of benzene rings is 2. The fraction of sp³-hybridized carbons (Fsp3) is 0.486. The van der Waals surface area contributed by atoms with E-state index in [0.29, 0.717) is 23.9 Å². The topological polar surface area (TPSA) is 88.0 Å². The number of nitrogens with zero attached hydrogens (tertiary/aromatic N) is 2. The monoisotopic (exact) mass is 627 g/mol. The molecule has 240 valence electrons. The number of thiophene rings is 1. The van der Waals surface area contributed by atoms with E-state index in [1.807, 2.05) is 24.3 Å². The van der Waals surface area contributed by atoms with Gasteiger partial charge in [-0.1, -0.05) is 71.0 Å². The number of carbonyl (C=O) groups is 2. The summed E-state index contributed by atoms with van der Waals surface area (Å²) in [5.74, 6) is 1.37. The van der Waals surface area contributed by atoms with Crippen molar-refractivity contribution in [3.63, 3.8) is 0 Å². The Bertz CT molecular complexity index is 1540. The van der Waals surface area contributed by atoms with Crippen LogP contribution in [0.3, 0.4) is 0 Å². The minimum atomic E-state index is -0.635. The first kappa shape index (κ1) is 32.9. The first-order valence-corrected chi connectivity index (χ1v) is 17.6. The van der Waals surface area contributed by atoms with Crippen LogP contribution < -0.4 is 16.0 Å². The van der Waals surface area contributed by atoms with Crippen molar-refractivity contribution >= 4 is 34.2 Å². The molecule has 45 heavy (non-hydrogen) atoms. The Hall–Kier alpha value is -3.49. The van der Waals surface area contributed by atoms with Crippen molar-refractivity contribution in [3.8, 4) is 0 Å². The first-order chi connectivity index (χ1) is 21.8. The second-order valence-electron chi connectivity index (χ2n) is 13.0. The molecule has 0 spiro atoms. The molecule has 4 atom stereocenters. The van der Waals surface area contributed by atoms with E-state index in [0.717, 1.165) is 55.6 Å². The van der Waals surface area contributed by atoms with Gasteiger partial charge in [0.25, 0.3) is 5.91 Å². The van der Waals surface area contributed by atoms with E-state index < -0.39 is 6.04 Å². The SMILES string of the molecule is CCC(CC)n1c(Cc2cccs2)nc2cc(C(=O)N[C@@H](CC(C)C)C(=O)NC(C3CCNC3)C(C)c3ccccc3)ccc21. The lowest BCUT2D eigenvalue weighted by Crippen LogP contribution is -2.53. The minimum Gasteiger partial charge on any atom is -0.351 e. The van der Waals surface area contributed by atoms with Crippen molar-refractivity contribution in [1.29, 1.82) is 0 Å². The molecule has 1 fully saturated rings. The molecule has 3 unspecified atom stereocenters. The zero-order chi connectivity index (χ0) is 31.9. The van der Waals surface area contributed by atoms with Crippen LogP contribution in [0.5, 0.6) is 0 Å². The van der Waals surface area contributed by atoms with Crippen LogP contribution in [-0.4, -0.2) is 46.5 Å². The lowest BCUT2D eigenvalue weighted by molar-refractivity contribution is -0.124. The van der Waals surface area contributed by atoms with Gasteiger partial charge in [-0.2, -0.15) is 0 Å². The first-order valence-electron chi connectivity index (χ1n) is 16.7. The summed E-state index contributed by atoms with van der Waals surface area (Å²) in [6, 6.07) is 20.1. The predicted octanol–water partition coefficient (Wildman–Crippen LogP) is 7.09. The quantitative estimate of drug-likeness (QED) is 0.139. The Balaban J connectivity index is 1.38. The van der Waals surface area contributed by atoms with E-state index in [2.05, 4.69) is 96.9 Å². The normalized spacial score (nSPS) is 17.1. The lowest BCUT2D eigenvalue weighted by Gasteiger charge is -2.32. The van der Waals surface area contributed by atoms with Crippen LogP contribution >= 0.6 is 11.3 Å². The third-order valence-corrected chi connectivity index (χ3v) is 10.2. The highest BCUT2D eigenvalue weighted by atomic mass is 32.1. The van der Waals surface area contributed by atoms with Gasteiger partial charge in [0.15, 0.2) is 0 Å². The van der Waals surface area contributed by atoms with Crippen molar-refractivity contribution in [2.75, 3.05) is 13.1 Å². The maximum Gasteiger partial charge on any atom is 0.252 e. The van der Waals surface area contributed by atoms with E-state index in [9.17, 15) is 9.59 Å². The summed E-state index contributed by atoms with van der Waals surface area (Å²) >= 11 is 1.74. The van der Waals surface area contributed by atoms with E-state index in [-0.39, 0.29) is 29.7 Å². The van der Waals surface area contributed by atoms with Crippen LogP contribution in [-0.2, 0) is 11.2 Å². The van der Waals surface area contributed by atoms with Crippen LogP contribution in [0.2, 0.25) is 0 Å². The summed E-state index contributed by atoms with van der Waals surface area (Å²) in [6.07, 6.45) is 4.35. The van der Waals surface area contributed by atoms with Gasteiger partial charge in [-0.3, -0.25) is 9.59 Å². The number of hydrogen-bond donors (Lipinski definition) is 3. The summed E-state index contributed by atoms with van der Waals surface area (Å²) in [4.78, 5) is 34.0. The molecule has 1 aliphatic heterocycles. The van der Waals surface area contributed by atoms with Gasteiger partial charge in [0.2, 0.25) is 5.91 Å². The molecule has 5 rings (SSSR count). The average molecular weight is 628 g/mol. The van der Waals surface area contributed by atoms with Gasteiger partial charge < -0.3 is 20.5 Å². The summed E-state index contributed by atoms with van der Waals surface area (Å²) in [6.45, 7) is 12.6. The molecule has 3 N–H and O–H groups in total. The number of fused-ring (bicyclic) bond motifs is 1. The van der Waals surface area contributed by atoms with E-state index in [4.69, 9.17) is 4.98 Å². The van der Waals surface area contributed by atoms with Crippen molar-refractivity contribution in [3.05, 3.63) is 87.9 Å². The van der Waals surface area contributed by atoms with Crippen molar-refractivity contribution in [2.45, 2.75) is 90.8 Å². The fourth-order valence-electron chi connectivity index (χ4n) is 6.85. The number of aromatic nitrogens is 2. The van der Waals surface area contributed by atoms with Gasteiger partial charge in [-0.05, 0) is 85.8 Å². The Morgan fingerprint density at radius 1 is 1.02 bits per heavy atom. The molecular formula is C37H49N5O2S. The Labute approximate surface area is 272 Å². The van der Waals surface area contributed by atoms with E-state index >= 15 is 0 Å². The molecule has 3 heterocycles. The second-order valence-corrected chi connectivity index (χ2v) is 14.0. The Morgan fingerprint density at radius 3 is 2.44 bits per heavy atom.